The Morgan fingerprint density at radius 2 is 1.74 bits per heavy atom. The van der Waals surface area contributed by atoms with Crippen molar-refractivity contribution in [2.75, 3.05) is 17.6 Å². The quantitative estimate of drug-likeness (QED) is 0.330. The van der Waals surface area contributed by atoms with Crippen molar-refractivity contribution in [2.24, 2.45) is 0 Å². The second kappa shape index (κ2) is 11.0. The van der Waals surface area contributed by atoms with E-state index in [0.29, 0.717) is 17.8 Å². The largest absolute Gasteiger partial charge is 0.399 e. The number of rotatable bonds is 9. The summed E-state index contributed by atoms with van der Waals surface area (Å²) in [6, 6.07) is 17.1. The zero-order chi connectivity index (χ0) is 24.1. The first-order valence-corrected chi connectivity index (χ1v) is 12.0. The molecule has 3 atom stereocenters. The van der Waals surface area contributed by atoms with Gasteiger partial charge in [-0.25, -0.2) is 8.78 Å². The molecule has 0 radical (unpaired) electrons. The Labute approximate surface area is 200 Å². The van der Waals surface area contributed by atoms with Crippen LogP contribution in [0.2, 0.25) is 0 Å². The molecule has 0 saturated carbocycles. The molecule has 0 saturated heterocycles. The minimum atomic E-state index is -0.788. The minimum absolute atomic E-state index is 0.175. The molecule has 0 unspecified atom stereocenters. The lowest BCUT2D eigenvalue weighted by Gasteiger charge is -2.31. The van der Waals surface area contributed by atoms with Crippen LogP contribution < -0.4 is 16.4 Å². The van der Waals surface area contributed by atoms with Crippen LogP contribution >= 0.6 is 0 Å². The summed E-state index contributed by atoms with van der Waals surface area (Å²) >= 11 is 0. The van der Waals surface area contributed by atoms with Gasteiger partial charge in [0.2, 0.25) is 0 Å². The number of fused-ring (bicyclic) bond motifs is 1. The van der Waals surface area contributed by atoms with Gasteiger partial charge in [0.15, 0.2) is 0 Å². The number of hydrogen-bond donors (Lipinski definition) is 4. The molecule has 3 aromatic carbocycles. The lowest BCUT2D eigenvalue weighted by Crippen LogP contribution is -2.43. The summed E-state index contributed by atoms with van der Waals surface area (Å²) < 4.78 is 27.6. The zero-order valence-electron chi connectivity index (χ0n) is 19.5. The maximum absolute atomic E-state index is 13.8. The van der Waals surface area contributed by atoms with Gasteiger partial charge in [-0.1, -0.05) is 25.1 Å². The maximum Gasteiger partial charge on any atom is 0.126 e. The fourth-order valence-electron chi connectivity index (χ4n) is 4.75. The predicted molar refractivity (Wildman–Crippen MR) is 134 cm³/mol. The first-order chi connectivity index (χ1) is 16.4. The van der Waals surface area contributed by atoms with Crippen molar-refractivity contribution in [1.29, 1.82) is 0 Å². The molecule has 180 valence electrons. The summed E-state index contributed by atoms with van der Waals surface area (Å²) in [7, 11) is 0. The van der Waals surface area contributed by atoms with Gasteiger partial charge in [0, 0.05) is 30.0 Å². The van der Waals surface area contributed by atoms with Crippen molar-refractivity contribution in [3.63, 3.8) is 0 Å². The smallest absolute Gasteiger partial charge is 0.126 e. The van der Waals surface area contributed by atoms with Crippen molar-refractivity contribution in [2.45, 2.75) is 57.2 Å². The normalized spacial score (nSPS) is 17.1. The van der Waals surface area contributed by atoms with E-state index in [1.165, 1.54) is 28.8 Å². The number of aryl methyl sites for hydroxylation is 2. The lowest BCUT2D eigenvalue weighted by atomic mass is 9.86. The second-order valence-corrected chi connectivity index (χ2v) is 9.16. The molecule has 6 heteroatoms. The van der Waals surface area contributed by atoms with Crippen LogP contribution in [-0.4, -0.2) is 23.8 Å². The molecule has 3 aromatic rings. The number of halogens is 2. The lowest BCUT2D eigenvalue weighted by molar-refractivity contribution is 0.143. The number of aliphatic hydroxyl groups excluding tert-OH is 1. The number of nitrogen functional groups attached to an aromatic ring is 1. The van der Waals surface area contributed by atoms with Crippen LogP contribution in [0.1, 0.15) is 48.1 Å². The first-order valence-electron chi connectivity index (χ1n) is 12.0. The van der Waals surface area contributed by atoms with E-state index >= 15 is 0 Å². The van der Waals surface area contributed by atoms with Crippen LogP contribution in [-0.2, 0) is 19.3 Å². The molecule has 34 heavy (non-hydrogen) atoms. The van der Waals surface area contributed by atoms with Crippen molar-refractivity contribution >= 4 is 11.4 Å². The molecule has 1 aliphatic carbocycles. The Balaban J connectivity index is 1.50. The first kappa shape index (κ1) is 24.2. The van der Waals surface area contributed by atoms with E-state index in [1.807, 2.05) is 12.1 Å². The van der Waals surface area contributed by atoms with Crippen LogP contribution in [0.25, 0.3) is 0 Å². The highest BCUT2D eigenvalue weighted by Gasteiger charge is 2.25. The molecule has 0 spiro atoms. The number of anilines is 2. The highest BCUT2D eigenvalue weighted by molar-refractivity contribution is 5.52. The predicted octanol–water partition coefficient (Wildman–Crippen LogP) is 5.16. The molecular formula is C28H33F2N3O. The van der Waals surface area contributed by atoms with Gasteiger partial charge in [-0.3, -0.25) is 0 Å². The average molecular weight is 466 g/mol. The third-order valence-corrected chi connectivity index (χ3v) is 6.61. The number of nitrogens with two attached hydrogens (primary N) is 1. The van der Waals surface area contributed by atoms with E-state index in [4.69, 9.17) is 5.73 Å². The van der Waals surface area contributed by atoms with Crippen molar-refractivity contribution in [3.05, 3.63) is 94.6 Å². The molecule has 0 heterocycles. The van der Waals surface area contributed by atoms with Crippen LogP contribution in [0.4, 0.5) is 20.2 Å². The molecule has 0 bridgehead atoms. The van der Waals surface area contributed by atoms with Gasteiger partial charge < -0.3 is 21.5 Å². The summed E-state index contributed by atoms with van der Waals surface area (Å²) in [5.74, 6) is -1.25. The maximum atomic E-state index is 13.8. The number of benzene rings is 3. The molecule has 0 amide bonds. The SMILES string of the molecule is CCc1ccc2c(c1)[C@@H](NC[C@@H](O)[C@H](Cc1cc(F)cc(F)c1)Nc1ccc(N)cc1)CCC2. The Morgan fingerprint density at radius 3 is 2.44 bits per heavy atom. The molecule has 4 rings (SSSR count). The number of nitrogens with one attached hydrogen (secondary N) is 2. The van der Waals surface area contributed by atoms with Crippen LogP contribution in [0, 0.1) is 11.6 Å². The van der Waals surface area contributed by atoms with E-state index < -0.39 is 23.8 Å². The van der Waals surface area contributed by atoms with Gasteiger partial charge >= 0.3 is 0 Å². The van der Waals surface area contributed by atoms with Gasteiger partial charge in [-0.05, 0) is 90.8 Å². The van der Waals surface area contributed by atoms with Crippen molar-refractivity contribution in [1.82, 2.24) is 5.32 Å². The Morgan fingerprint density at radius 1 is 1.00 bits per heavy atom. The van der Waals surface area contributed by atoms with E-state index in [-0.39, 0.29) is 12.5 Å². The van der Waals surface area contributed by atoms with E-state index in [1.54, 1.807) is 12.1 Å². The van der Waals surface area contributed by atoms with E-state index in [0.717, 1.165) is 37.4 Å². The van der Waals surface area contributed by atoms with Gasteiger partial charge in [0.1, 0.15) is 11.6 Å². The van der Waals surface area contributed by atoms with Gasteiger partial charge in [-0.15, -0.1) is 0 Å². The molecule has 0 fully saturated rings. The molecule has 5 N–H and O–H groups in total. The molecule has 1 aliphatic rings. The van der Waals surface area contributed by atoms with Crippen LogP contribution in [0.3, 0.4) is 0 Å². The van der Waals surface area contributed by atoms with E-state index in [9.17, 15) is 13.9 Å². The highest BCUT2D eigenvalue weighted by Crippen LogP contribution is 2.31. The van der Waals surface area contributed by atoms with Crippen molar-refractivity contribution < 1.29 is 13.9 Å². The highest BCUT2D eigenvalue weighted by atomic mass is 19.1. The molecule has 4 nitrogen and oxygen atoms in total. The van der Waals surface area contributed by atoms with Gasteiger partial charge in [0.25, 0.3) is 0 Å². The zero-order valence-corrected chi connectivity index (χ0v) is 19.5. The molecule has 0 aromatic heterocycles. The topological polar surface area (TPSA) is 70.3 Å². The minimum Gasteiger partial charge on any atom is -0.399 e. The number of aliphatic hydroxyl groups is 1. The van der Waals surface area contributed by atoms with Gasteiger partial charge in [-0.2, -0.15) is 0 Å². The number of hydrogen-bond acceptors (Lipinski definition) is 4. The van der Waals surface area contributed by atoms with Crippen molar-refractivity contribution in [3.8, 4) is 0 Å². The summed E-state index contributed by atoms with van der Waals surface area (Å²) in [4.78, 5) is 0. The standard InChI is InChI=1S/C28H33F2N3O/c1-2-18-6-7-20-4-3-5-26(25(20)14-18)32-17-28(34)27(33-24-10-8-23(31)9-11-24)15-19-12-21(29)16-22(30)13-19/h6-14,16,26-28,32-34H,2-5,15,17,31H2,1H3/t26-,27-,28+/m0/s1. The summed E-state index contributed by atoms with van der Waals surface area (Å²) in [6.07, 6.45) is 3.65. The fourth-order valence-corrected chi connectivity index (χ4v) is 4.75. The summed E-state index contributed by atoms with van der Waals surface area (Å²) in [6.45, 7) is 2.50. The van der Waals surface area contributed by atoms with Crippen LogP contribution in [0.5, 0.6) is 0 Å². The van der Waals surface area contributed by atoms with E-state index in [2.05, 4.69) is 35.8 Å². The molecular weight excluding hydrogens is 432 g/mol. The third-order valence-electron chi connectivity index (χ3n) is 6.61. The summed E-state index contributed by atoms with van der Waals surface area (Å²) in [5.41, 5.74) is 11.7. The summed E-state index contributed by atoms with van der Waals surface area (Å²) in [5, 5.41) is 18.0. The molecule has 0 aliphatic heterocycles. The van der Waals surface area contributed by atoms with Crippen LogP contribution in [0.15, 0.2) is 60.7 Å². The Hall–Kier alpha value is -2.96. The Bertz CT molecular complexity index is 1080. The average Bonchev–Trinajstić information content (AvgIpc) is 2.82. The second-order valence-electron chi connectivity index (χ2n) is 9.16. The monoisotopic (exact) mass is 465 g/mol. The van der Waals surface area contributed by atoms with Gasteiger partial charge in [0.05, 0.1) is 12.1 Å². The Kier molecular flexibility index (Phi) is 7.80. The fraction of sp³-hybridized carbons (Fsp3) is 0.357. The third kappa shape index (κ3) is 6.13.